The lowest BCUT2D eigenvalue weighted by atomic mass is 10.1. The molecule has 3 N–H and O–H groups in total. The summed E-state index contributed by atoms with van der Waals surface area (Å²) in [6, 6.07) is 3.75. The van der Waals surface area contributed by atoms with Gasteiger partial charge in [-0.25, -0.2) is 0 Å². The Balaban J connectivity index is 3.32. The van der Waals surface area contributed by atoms with Gasteiger partial charge in [0.05, 0.1) is 18.1 Å². The highest BCUT2D eigenvalue weighted by atomic mass is 32.2. The summed E-state index contributed by atoms with van der Waals surface area (Å²) in [7, 11) is -4.29. The van der Waals surface area contributed by atoms with Gasteiger partial charge in [-0.2, -0.15) is 8.42 Å². The molecule has 0 aliphatic carbocycles. The van der Waals surface area contributed by atoms with Crippen LogP contribution in [0.4, 0.5) is 0 Å². The molecule has 5 nitrogen and oxygen atoms in total. The summed E-state index contributed by atoms with van der Waals surface area (Å²) in [5.41, 5.74) is 0.647. The normalized spacial score (nSPS) is 11.6. The van der Waals surface area contributed by atoms with E-state index < -0.39 is 10.1 Å². The Hall–Kier alpha value is -0.950. The van der Waals surface area contributed by atoms with Crippen LogP contribution >= 0.6 is 0 Å². The Bertz CT molecular complexity index is 401. The number of hydrogen-bond acceptors (Lipinski definition) is 4. The van der Waals surface area contributed by atoms with Crippen molar-refractivity contribution in [2.45, 2.75) is 18.1 Å². The Labute approximate surface area is 81.4 Å². The van der Waals surface area contributed by atoms with E-state index >= 15 is 0 Å². The molecule has 0 saturated carbocycles. The minimum atomic E-state index is -4.29. The third-order valence-corrected chi connectivity index (χ3v) is 2.52. The Morgan fingerprint density at radius 2 is 1.43 bits per heavy atom. The van der Waals surface area contributed by atoms with Crippen LogP contribution in [0.3, 0.4) is 0 Å². The lowest BCUT2D eigenvalue weighted by molar-refractivity contribution is 0.274. The summed E-state index contributed by atoms with van der Waals surface area (Å²) >= 11 is 0. The first kappa shape index (κ1) is 11.1. The van der Waals surface area contributed by atoms with Crippen molar-refractivity contribution in [3.05, 3.63) is 29.3 Å². The van der Waals surface area contributed by atoms with Gasteiger partial charge >= 0.3 is 0 Å². The number of hydrogen-bond donors (Lipinski definition) is 3. The van der Waals surface area contributed by atoms with E-state index in [1.165, 1.54) is 6.07 Å². The molecule has 0 aromatic heterocycles. The summed E-state index contributed by atoms with van der Waals surface area (Å²) in [4.78, 5) is -0.326. The molecule has 0 radical (unpaired) electrons. The smallest absolute Gasteiger partial charge is 0.294 e. The third kappa shape index (κ3) is 2.52. The van der Waals surface area contributed by atoms with Gasteiger partial charge in [-0.05, 0) is 23.3 Å². The second kappa shape index (κ2) is 4.05. The molecule has 1 rings (SSSR count). The average molecular weight is 218 g/mol. The van der Waals surface area contributed by atoms with Crippen LogP contribution in [0.5, 0.6) is 0 Å². The van der Waals surface area contributed by atoms with Crippen LogP contribution < -0.4 is 0 Å². The van der Waals surface area contributed by atoms with E-state index in [2.05, 4.69) is 0 Å². The average Bonchev–Trinajstić information content (AvgIpc) is 2.15. The van der Waals surface area contributed by atoms with Crippen molar-refractivity contribution in [3.8, 4) is 0 Å². The molecule has 0 atom stereocenters. The minimum absolute atomic E-state index is 0.323. The fraction of sp³-hybridized carbons (Fsp3) is 0.250. The SMILES string of the molecule is O=S(=O)(O)c1cc(CO)cc(CO)c1. The van der Waals surface area contributed by atoms with Crippen molar-refractivity contribution in [3.63, 3.8) is 0 Å². The fourth-order valence-electron chi connectivity index (χ4n) is 1.06. The molecule has 0 aliphatic rings. The summed E-state index contributed by atoms with van der Waals surface area (Å²) in [6.45, 7) is -0.702. The summed E-state index contributed by atoms with van der Waals surface area (Å²) in [6.07, 6.45) is 0. The second-order valence-electron chi connectivity index (χ2n) is 2.78. The number of aliphatic hydroxyl groups excluding tert-OH is 2. The Morgan fingerprint density at radius 3 is 1.71 bits per heavy atom. The maximum Gasteiger partial charge on any atom is 0.294 e. The topological polar surface area (TPSA) is 94.8 Å². The minimum Gasteiger partial charge on any atom is -0.392 e. The van der Waals surface area contributed by atoms with E-state index in [1.807, 2.05) is 0 Å². The van der Waals surface area contributed by atoms with Gasteiger partial charge in [-0.15, -0.1) is 0 Å². The zero-order valence-corrected chi connectivity index (χ0v) is 8.03. The Kier molecular flexibility index (Phi) is 3.22. The van der Waals surface area contributed by atoms with Gasteiger partial charge < -0.3 is 10.2 Å². The largest absolute Gasteiger partial charge is 0.392 e. The maximum atomic E-state index is 10.8. The van der Waals surface area contributed by atoms with Crippen LogP contribution in [0.1, 0.15) is 11.1 Å². The van der Waals surface area contributed by atoms with Gasteiger partial charge in [0.15, 0.2) is 0 Å². The molecule has 0 saturated heterocycles. The second-order valence-corrected chi connectivity index (χ2v) is 4.20. The molecule has 0 bridgehead atoms. The van der Waals surface area contributed by atoms with E-state index in [9.17, 15) is 8.42 Å². The van der Waals surface area contributed by atoms with Crippen LogP contribution in [0, 0.1) is 0 Å². The molecule has 0 fully saturated rings. The lowest BCUT2D eigenvalue weighted by Crippen LogP contribution is -2.01. The third-order valence-electron chi connectivity index (χ3n) is 1.69. The molecule has 78 valence electrons. The van der Waals surface area contributed by atoms with E-state index in [1.54, 1.807) is 0 Å². The molecular weight excluding hydrogens is 208 g/mol. The molecule has 6 heteroatoms. The van der Waals surface area contributed by atoms with Crippen molar-refractivity contribution < 1.29 is 23.2 Å². The molecule has 0 spiro atoms. The highest BCUT2D eigenvalue weighted by Gasteiger charge is 2.11. The zero-order valence-electron chi connectivity index (χ0n) is 7.21. The quantitative estimate of drug-likeness (QED) is 0.617. The molecule has 0 amide bonds. The van der Waals surface area contributed by atoms with E-state index in [0.717, 1.165) is 12.1 Å². The number of aliphatic hydroxyl groups is 2. The first-order valence-electron chi connectivity index (χ1n) is 3.79. The van der Waals surface area contributed by atoms with Gasteiger partial charge in [0, 0.05) is 0 Å². The molecule has 1 aromatic carbocycles. The highest BCUT2D eigenvalue weighted by molar-refractivity contribution is 7.85. The lowest BCUT2D eigenvalue weighted by Gasteiger charge is -2.04. The van der Waals surface area contributed by atoms with Crippen LogP contribution in [0.25, 0.3) is 0 Å². The van der Waals surface area contributed by atoms with Crippen LogP contribution in [0.2, 0.25) is 0 Å². The highest BCUT2D eigenvalue weighted by Crippen LogP contribution is 2.15. The fourth-order valence-corrected chi connectivity index (χ4v) is 1.66. The van der Waals surface area contributed by atoms with Gasteiger partial charge in [0.25, 0.3) is 10.1 Å². The molecular formula is C8H10O5S. The van der Waals surface area contributed by atoms with Crippen molar-refractivity contribution >= 4 is 10.1 Å². The van der Waals surface area contributed by atoms with E-state index in [-0.39, 0.29) is 18.1 Å². The van der Waals surface area contributed by atoms with Gasteiger partial charge in [0.2, 0.25) is 0 Å². The predicted molar refractivity (Wildman–Crippen MR) is 48.1 cm³/mol. The first-order valence-corrected chi connectivity index (χ1v) is 5.23. The van der Waals surface area contributed by atoms with Gasteiger partial charge in [-0.3, -0.25) is 4.55 Å². The summed E-state index contributed by atoms with van der Waals surface area (Å²) < 4.78 is 30.3. The summed E-state index contributed by atoms with van der Waals surface area (Å²) in [5, 5.41) is 17.6. The van der Waals surface area contributed by atoms with E-state index in [0.29, 0.717) is 11.1 Å². The maximum absolute atomic E-state index is 10.8. The zero-order chi connectivity index (χ0) is 10.8. The monoisotopic (exact) mass is 218 g/mol. The molecule has 0 aliphatic heterocycles. The van der Waals surface area contributed by atoms with Gasteiger partial charge in [-0.1, -0.05) is 6.07 Å². The van der Waals surface area contributed by atoms with Crippen molar-refractivity contribution in [1.29, 1.82) is 0 Å². The number of rotatable bonds is 3. The first-order chi connectivity index (χ1) is 6.47. The van der Waals surface area contributed by atoms with Crippen LogP contribution in [-0.4, -0.2) is 23.2 Å². The van der Waals surface area contributed by atoms with Gasteiger partial charge in [0.1, 0.15) is 0 Å². The predicted octanol–water partition coefficient (Wildman–Crippen LogP) is -0.0821. The van der Waals surface area contributed by atoms with Crippen molar-refractivity contribution in [2.75, 3.05) is 0 Å². The Morgan fingerprint density at radius 1 is 1.00 bits per heavy atom. The van der Waals surface area contributed by atoms with Crippen molar-refractivity contribution in [1.82, 2.24) is 0 Å². The van der Waals surface area contributed by atoms with Crippen LogP contribution in [0.15, 0.2) is 23.1 Å². The van der Waals surface area contributed by atoms with Crippen LogP contribution in [-0.2, 0) is 23.3 Å². The molecule has 1 aromatic rings. The van der Waals surface area contributed by atoms with Crippen molar-refractivity contribution in [2.24, 2.45) is 0 Å². The molecule has 0 unspecified atom stereocenters. The molecule has 0 heterocycles. The standard InChI is InChI=1S/C8H10O5S/c9-4-6-1-7(5-10)3-8(2-6)14(11,12)13/h1-3,9-10H,4-5H2,(H,11,12,13). The summed E-state index contributed by atoms with van der Waals surface area (Å²) in [5.74, 6) is 0. The van der Waals surface area contributed by atoms with E-state index in [4.69, 9.17) is 14.8 Å². The number of benzene rings is 1. The molecule has 14 heavy (non-hydrogen) atoms.